The molecular formula is C15H17BrN2O. The molecule has 1 unspecified atom stereocenters. The molecule has 0 radical (unpaired) electrons. The Morgan fingerprint density at radius 3 is 2.63 bits per heavy atom. The Labute approximate surface area is 121 Å². The predicted molar refractivity (Wildman–Crippen MR) is 80.2 cm³/mol. The maximum absolute atomic E-state index is 6.32. The van der Waals surface area contributed by atoms with E-state index in [4.69, 9.17) is 10.5 Å². The summed E-state index contributed by atoms with van der Waals surface area (Å²) in [6, 6.07) is 9.58. The molecule has 4 heteroatoms. The number of nitrogens with zero attached hydrogens (tertiary/aromatic N) is 1. The molecule has 1 aromatic carbocycles. The van der Waals surface area contributed by atoms with Gasteiger partial charge in [-0.15, -0.1) is 0 Å². The predicted octanol–water partition coefficient (Wildman–Crippen LogP) is 3.68. The topological polar surface area (TPSA) is 48.1 Å². The summed E-state index contributed by atoms with van der Waals surface area (Å²) in [5.41, 5.74) is 8.24. The summed E-state index contributed by atoms with van der Waals surface area (Å²) >= 11 is 3.41. The van der Waals surface area contributed by atoms with Crippen molar-refractivity contribution in [3.8, 4) is 5.75 Å². The van der Waals surface area contributed by atoms with Gasteiger partial charge >= 0.3 is 0 Å². The van der Waals surface area contributed by atoms with E-state index in [1.165, 1.54) is 0 Å². The molecule has 19 heavy (non-hydrogen) atoms. The van der Waals surface area contributed by atoms with Gasteiger partial charge in [-0.3, -0.25) is 4.98 Å². The van der Waals surface area contributed by atoms with E-state index >= 15 is 0 Å². The summed E-state index contributed by atoms with van der Waals surface area (Å²) in [5, 5.41) is 0. The zero-order valence-electron chi connectivity index (χ0n) is 11.0. The summed E-state index contributed by atoms with van der Waals surface area (Å²) in [4.78, 5) is 4.15. The van der Waals surface area contributed by atoms with Crippen LogP contribution in [0.15, 0.2) is 47.2 Å². The van der Waals surface area contributed by atoms with Crippen molar-refractivity contribution in [2.75, 3.05) is 0 Å². The monoisotopic (exact) mass is 320 g/mol. The Kier molecular flexibility index (Phi) is 4.56. The van der Waals surface area contributed by atoms with Crippen molar-refractivity contribution in [3.05, 3.63) is 58.3 Å². The van der Waals surface area contributed by atoms with Crippen LogP contribution in [0.25, 0.3) is 0 Å². The van der Waals surface area contributed by atoms with Gasteiger partial charge in [-0.1, -0.05) is 18.2 Å². The van der Waals surface area contributed by atoms with Gasteiger partial charge in [0.25, 0.3) is 0 Å². The highest BCUT2D eigenvalue weighted by Gasteiger charge is 2.15. The normalized spacial score (nSPS) is 12.5. The first-order valence-electron chi connectivity index (χ1n) is 6.19. The molecule has 0 fully saturated rings. The molecule has 0 saturated heterocycles. The third kappa shape index (κ3) is 3.55. The van der Waals surface area contributed by atoms with Crippen LogP contribution >= 0.6 is 15.9 Å². The molecule has 1 atom stereocenters. The maximum Gasteiger partial charge on any atom is 0.124 e. The molecule has 0 aliphatic heterocycles. The lowest BCUT2D eigenvalue weighted by atomic mass is 10.0. The zero-order chi connectivity index (χ0) is 13.8. The number of hydrogen-bond acceptors (Lipinski definition) is 3. The quantitative estimate of drug-likeness (QED) is 0.934. The highest BCUT2D eigenvalue weighted by atomic mass is 79.9. The van der Waals surface area contributed by atoms with Crippen LogP contribution in [0.1, 0.15) is 31.0 Å². The molecule has 0 spiro atoms. The fourth-order valence-electron chi connectivity index (χ4n) is 1.88. The molecule has 100 valence electrons. The lowest BCUT2D eigenvalue weighted by Crippen LogP contribution is -2.15. The van der Waals surface area contributed by atoms with Gasteiger partial charge in [0.15, 0.2) is 0 Å². The van der Waals surface area contributed by atoms with E-state index < -0.39 is 0 Å². The van der Waals surface area contributed by atoms with Crippen molar-refractivity contribution in [1.82, 2.24) is 4.98 Å². The Morgan fingerprint density at radius 1 is 1.21 bits per heavy atom. The van der Waals surface area contributed by atoms with E-state index in [-0.39, 0.29) is 12.1 Å². The van der Waals surface area contributed by atoms with Gasteiger partial charge in [-0.25, -0.2) is 0 Å². The van der Waals surface area contributed by atoms with Crippen LogP contribution in [0.4, 0.5) is 0 Å². The van der Waals surface area contributed by atoms with Crippen molar-refractivity contribution in [1.29, 1.82) is 0 Å². The van der Waals surface area contributed by atoms with Crippen molar-refractivity contribution in [2.24, 2.45) is 5.73 Å². The molecule has 1 aromatic heterocycles. The van der Waals surface area contributed by atoms with Crippen LogP contribution in [-0.2, 0) is 0 Å². The maximum atomic E-state index is 6.32. The number of benzene rings is 1. The molecule has 1 heterocycles. The van der Waals surface area contributed by atoms with Gasteiger partial charge in [0, 0.05) is 22.4 Å². The standard InChI is InChI=1S/C15H17BrN2O/c1-10(2)19-14-6-4-3-5-13(14)15(17)11-7-12(16)9-18-8-11/h3-10,15H,17H2,1-2H3. The van der Waals surface area contributed by atoms with Gasteiger partial charge < -0.3 is 10.5 Å². The van der Waals surface area contributed by atoms with E-state index in [1.54, 1.807) is 12.4 Å². The number of rotatable bonds is 4. The van der Waals surface area contributed by atoms with E-state index in [9.17, 15) is 0 Å². The molecule has 3 nitrogen and oxygen atoms in total. The second-order valence-electron chi connectivity index (χ2n) is 4.62. The van der Waals surface area contributed by atoms with Gasteiger partial charge in [0.1, 0.15) is 5.75 Å². The zero-order valence-corrected chi connectivity index (χ0v) is 12.6. The number of para-hydroxylation sites is 1. The van der Waals surface area contributed by atoms with Crippen molar-refractivity contribution >= 4 is 15.9 Å². The first kappa shape index (κ1) is 14.0. The summed E-state index contributed by atoms with van der Waals surface area (Å²) in [6.07, 6.45) is 3.64. The molecule has 0 bridgehead atoms. The van der Waals surface area contributed by atoms with E-state index in [0.29, 0.717) is 0 Å². The third-order valence-electron chi connectivity index (χ3n) is 2.70. The Morgan fingerprint density at radius 2 is 1.95 bits per heavy atom. The van der Waals surface area contributed by atoms with E-state index in [0.717, 1.165) is 21.3 Å². The largest absolute Gasteiger partial charge is 0.491 e. The average molecular weight is 321 g/mol. The summed E-state index contributed by atoms with van der Waals surface area (Å²) in [6.45, 7) is 4.01. The average Bonchev–Trinajstić information content (AvgIpc) is 2.38. The summed E-state index contributed by atoms with van der Waals surface area (Å²) < 4.78 is 6.73. The highest BCUT2D eigenvalue weighted by Crippen LogP contribution is 2.29. The van der Waals surface area contributed by atoms with Crippen molar-refractivity contribution in [3.63, 3.8) is 0 Å². The number of hydrogen-bond donors (Lipinski definition) is 1. The Bertz CT molecular complexity index is 557. The third-order valence-corrected chi connectivity index (χ3v) is 3.14. The van der Waals surface area contributed by atoms with Crippen LogP contribution in [0.3, 0.4) is 0 Å². The van der Waals surface area contributed by atoms with E-state index in [2.05, 4.69) is 20.9 Å². The van der Waals surface area contributed by atoms with Crippen LogP contribution < -0.4 is 10.5 Å². The molecule has 0 aliphatic rings. The molecule has 0 amide bonds. The molecule has 2 aromatic rings. The first-order chi connectivity index (χ1) is 9.08. The van der Waals surface area contributed by atoms with Crippen molar-refractivity contribution in [2.45, 2.75) is 26.0 Å². The fraction of sp³-hybridized carbons (Fsp3) is 0.267. The summed E-state index contributed by atoms with van der Waals surface area (Å²) in [7, 11) is 0. The number of ether oxygens (including phenoxy) is 1. The number of pyridine rings is 1. The van der Waals surface area contributed by atoms with Gasteiger partial charge in [0.2, 0.25) is 0 Å². The number of aromatic nitrogens is 1. The molecule has 0 aliphatic carbocycles. The smallest absolute Gasteiger partial charge is 0.124 e. The van der Waals surface area contributed by atoms with E-state index in [1.807, 2.05) is 44.2 Å². The lowest BCUT2D eigenvalue weighted by molar-refractivity contribution is 0.239. The SMILES string of the molecule is CC(C)Oc1ccccc1C(N)c1cncc(Br)c1. The molecule has 0 saturated carbocycles. The Hall–Kier alpha value is -1.39. The van der Waals surface area contributed by atoms with Crippen LogP contribution in [0.5, 0.6) is 5.75 Å². The number of nitrogens with two attached hydrogens (primary N) is 1. The number of halogens is 1. The van der Waals surface area contributed by atoms with Gasteiger partial charge in [-0.2, -0.15) is 0 Å². The second kappa shape index (κ2) is 6.17. The highest BCUT2D eigenvalue weighted by molar-refractivity contribution is 9.10. The van der Waals surface area contributed by atoms with Gasteiger partial charge in [0.05, 0.1) is 12.1 Å². The second-order valence-corrected chi connectivity index (χ2v) is 5.53. The molecule has 2 N–H and O–H groups in total. The molecule has 2 rings (SSSR count). The van der Waals surface area contributed by atoms with Gasteiger partial charge in [-0.05, 0) is 47.5 Å². The minimum absolute atomic E-state index is 0.119. The molecular weight excluding hydrogens is 304 g/mol. The van der Waals surface area contributed by atoms with Crippen LogP contribution in [0.2, 0.25) is 0 Å². The fourth-order valence-corrected chi connectivity index (χ4v) is 2.26. The lowest BCUT2D eigenvalue weighted by Gasteiger charge is -2.19. The Balaban J connectivity index is 2.35. The minimum Gasteiger partial charge on any atom is -0.491 e. The first-order valence-corrected chi connectivity index (χ1v) is 6.99. The summed E-state index contributed by atoms with van der Waals surface area (Å²) in [5.74, 6) is 0.824. The van der Waals surface area contributed by atoms with Crippen molar-refractivity contribution < 1.29 is 4.74 Å². The van der Waals surface area contributed by atoms with Crippen LogP contribution in [0, 0.1) is 0 Å². The minimum atomic E-state index is -0.250. The van der Waals surface area contributed by atoms with Crippen LogP contribution in [-0.4, -0.2) is 11.1 Å².